The molecule has 0 saturated heterocycles. The van der Waals surface area contributed by atoms with Crippen molar-refractivity contribution < 1.29 is 14.3 Å². The molecule has 1 amide bonds. The van der Waals surface area contributed by atoms with Gasteiger partial charge in [-0.1, -0.05) is 49.3 Å². The number of rotatable bonds is 9. The Kier molecular flexibility index (Phi) is 8.81. The van der Waals surface area contributed by atoms with E-state index in [4.69, 9.17) is 9.47 Å². The third kappa shape index (κ3) is 8.36. The molecule has 0 unspecified atom stereocenters. The molecule has 170 valence electrons. The van der Waals surface area contributed by atoms with Crippen LogP contribution in [0.1, 0.15) is 26.5 Å². The van der Waals surface area contributed by atoms with E-state index in [-0.39, 0.29) is 6.73 Å². The Hall–Kier alpha value is -1.75. The Bertz CT molecular complexity index is 907. The molecule has 0 radical (unpaired) electrons. The van der Waals surface area contributed by atoms with Crippen LogP contribution in [0.4, 0.5) is 9.93 Å². The number of aromatic nitrogens is 3. The van der Waals surface area contributed by atoms with Crippen LogP contribution in [0.15, 0.2) is 24.0 Å². The number of thiazole rings is 1. The average Bonchev–Trinajstić information content (AvgIpc) is 3.14. The van der Waals surface area contributed by atoms with E-state index in [2.05, 4.69) is 41.2 Å². The lowest BCUT2D eigenvalue weighted by Crippen LogP contribution is -2.38. The number of thioether (sulfide) groups is 1. The quantitative estimate of drug-likeness (QED) is 0.143. The normalized spacial score (nSPS) is 12.0. The summed E-state index contributed by atoms with van der Waals surface area (Å²) >= 11 is 2.82. The highest BCUT2D eigenvalue weighted by Gasteiger charge is 2.26. The molecule has 0 aliphatic carbocycles. The fraction of sp³-hybridized carbons (Fsp3) is 0.524. The summed E-state index contributed by atoms with van der Waals surface area (Å²) in [4.78, 5) is 28.5. The number of carbonyl (C=O) groups excluding carboxylic acids is 1. The molecule has 0 N–H and O–H groups in total. The minimum atomic E-state index is -1.23. The van der Waals surface area contributed by atoms with Crippen LogP contribution in [0.25, 0.3) is 16.6 Å². The molecule has 0 saturated carbocycles. The van der Waals surface area contributed by atoms with Gasteiger partial charge in [0, 0.05) is 20.9 Å². The van der Waals surface area contributed by atoms with Crippen molar-refractivity contribution in [3.63, 3.8) is 0 Å². The van der Waals surface area contributed by atoms with Crippen LogP contribution < -0.4 is 4.90 Å². The van der Waals surface area contributed by atoms with Gasteiger partial charge in [0.2, 0.25) is 0 Å². The molecule has 0 aromatic carbocycles. The van der Waals surface area contributed by atoms with Gasteiger partial charge in [0.1, 0.15) is 12.3 Å². The Morgan fingerprint density at radius 2 is 2.03 bits per heavy atom. The lowest BCUT2D eigenvalue weighted by atomic mass is 10.2. The highest BCUT2D eigenvalue weighted by atomic mass is 32.2. The molecule has 31 heavy (non-hydrogen) atoms. The second kappa shape index (κ2) is 10.7. The van der Waals surface area contributed by atoms with Crippen LogP contribution in [0, 0.1) is 0 Å². The van der Waals surface area contributed by atoms with Crippen molar-refractivity contribution in [2.45, 2.75) is 57.2 Å². The standard InChI is InChI=1S/C21H32N4O3S2Si/c1-9-15-12-16(24-18(23-15)29-5)17-13-22-19(30-17)25(20(26)28-21(2,3)4)14-27-10-11-31(6,7)8/h9,12-13H,1,10-11,14H2,2-8H3. The number of hydrogen-bond donors (Lipinski definition) is 0. The number of nitrogens with zero attached hydrogens (tertiary/aromatic N) is 4. The van der Waals surface area contributed by atoms with Crippen LogP contribution in [0.2, 0.25) is 25.7 Å². The Morgan fingerprint density at radius 1 is 1.32 bits per heavy atom. The zero-order valence-electron chi connectivity index (χ0n) is 19.4. The second-order valence-electron chi connectivity index (χ2n) is 9.13. The summed E-state index contributed by atoms with van der Waals surface area (Å²) in [5, 5.41) is 1.16. The van der Waals surface area contributed by atoms with E-state index >= 15 is 0 Å². The minimum absolute atomic E-state index is 0.0874. The van der Waals surface area contributed by atoms with Crippen LogP contribution in [-0.2, 0) is 9.47 Å². The molecule has 2 aromatic heterocycles. The van der Waals surface area contributed by atoms with Gasteiger partial charge in [0.25, 0.3) is 0 Å². The second-order valence-corrected chi connectivity index (χ2v) is 16.5. The minimum Gasteiger partial charge on any atom is -0.443 e. The molecule has 2 aromatic rings. The number of anilines is 1. The summed E-state index contributed by atoms with van der Waals surface area (Å²) in [6.07, 6.45) is 4.83. The van der Waals surface area contributed by atoms with E-state index in [9.17, 15) is 4.79 Å². The van der Waals surface area contributed by atoms with Crippen LogP contribution in [0.5, 0.6) is 0 Å². The molecule has 7 nitrogen and oxygen atoms in total. The average molecular weight is 481 g/mol. The predicted molar refractivity (Wildman–Crippen MR) is 133 cm³/mol. The largest absolute Gasteiger partial charge is 0.443 e. The van der Waals surface area contributed by atoms with E-state index in [0.29, 0.717) is 16.9 Å². The maximum absolute atomic E-state index is 12.9. The summed E-state index contributed by atoms with van der Waals surface area (Å²) in [7, 11) is -1.23. The van der Waals surface area contributed by atoms with Crippen molar-refractivity contribution in [1.29, 1.82) is 0 Å². The van der Waals surface area contributed by atoms with Crippen molar-refractivity contribution in [2.24, 2.45) is 0 Å². The third-order valence-corrected chi connectivity index (χ3v) is 7.22. The molecule has 0 aliphatic rings. The summed E-state index contributed by atoms with van der Waals surface area (Å²) in [5.74, 6) is 0. The van der Waals surface area contributed by atoms with E-state index in [1.165, 1.54) is 28.0 Å². The molecule has 2 heterocycles. The first-order chi connectivity index (χ1) is 14.4. The number of ether oxygens (including phenoxy) is 2. The summed E-state index contributed by atoms with van der Waals surface area (Å²) < 4.78 is 11.4. The first-order valence-corrected chi connectivity index (χ1v) is 15.8. The smallest absolute Gasteiger partial charge is 0.418 e. The van der Waals surface area contributed by atoms with E-state index in [0.717, 1.165) is 22.3 Å². The number of amides is 1. The molecule has 0 atom stereocenters. The van der Waals surface area contributed by atoms with Gasteiger partial charge in [-0.15, -0.1) is 0 Å². The zero-order chi connectivity index (χ0) is 23.2. The monoisotopic (exact) mass is 480 g/mol. The van der Waals surface area contributed by atoms with Gasteiger partial charge in [-0.25, -0.2) is 24.6 Å². The Balaban J connectivity index is 2.27. The Labute approximate surface area is 194 Å². The van der Waals surface area contributed by atoms with Crippen LogP contribution in [0.3, 0.4) is 0 Å². The predicted octanol–water partition coefficient (Wildman–Crippen LogP) is 6.02. The van der Waals surface area contributed by atoms with E-state index in [1.807, 2.05) is 33.1 Å². The molecule has 0 fully saturated rings. The lowest BCUT2D eigenvalue weighted by molar-refractivity contribution is 0.0500. The fourth-order valence-corrected chi connectivity index (χ4v) is 4.31. The SMILES string of the molecule is C=Cc1cc(-c2cnc(N(COCC[Si](C)(C)C)C(=O)OC(C)(C)C)s2)nc(SC)n1. The molecule has 0 spiro atoms. The van der Waals surface area contributed by atoms with Crippen LogP contribution >= 0.6 is 23.1 Å². The van der Waals surface area contributed by atoms with Crippen molar-refractivity contribution in [1.82, 2.24) is 15.0 Å². The molecular formula is C21H32N4O3S2Si. The zero-order valence-corrected chi connectivity index (χ0v) is 22.0. The van der Waals surface area contributed by atoms with Gasteiger partial charge >= 0.3 is 6.09 Å². The molecule has 10 heteroatoms. The van der Waals surface area contributed by atoms with Gasteiger partial charge in [0.05, 0.1) is 16.3 Å². The number of carbonyl (C=O) groups is 1. The summed E-state index contributed by atoms with van der Waals surface area (Å²) in [6, 6.07) is 2.87. The summed E-state index contributed by atoms with van der Waals surface area (Å²) in [6.45, 7) is 16.9. The van der Waals surface area contributed by atoms with Crippen molar-refractivity contribution in [3.8, 4) is 10.6 Å². The topological polar surface area (TPSA) is 77.4 Å². The maximum atomic E-state index is 12.9. The summed E-state index contributed by atoms with van der Waals surface area (Å²) in [5.41, 5.74) is 0.858. The first kappa shape index (κ1) is 25.5. The van der Waals surface area contributed by atoms with Crippen molar-refractivity contribution >= 4 is 48.5 Å². The molecule has 0 bridgehead atoms. The highest BCUT2D eigenvalue weighted by molar-refractivity contribution is 7.98. The van der Waals surface area contributed by atoms with Gasteiger partial charge in [-0.3, -0.25) is 0 Å². The third-order valence-electron chi connectivity index (χ3n) is 3.92. The van der Waals surface area contributed by atoms with E-state index in [1.54, 1.807) is 12.3 Å². The first-order valence-electron chi connectivity index (χ1n) is 10.0. The van der Waals surface area contributed by atoms with Crippen molar-refractivity contribution in [2.75, 3.05) is 24.5 Å². The molecule has 2 rings (SSSR count). The molecular weight excluding hydrogens is 448 g/mol. The van der Waals surface area contributed by atoms with Gasteiger partial charge < -0.3 is 9.47 Å². The lowest BCUT2D eigenvalue weighted by Gasteiger charge is -2.26. The molecule has 0 aliphatic heterocycles. The van der Waals surface area contributed by atoms with Crippen LogP contribution in [-0.4, -0.2) is 54.3 Å². The maximum Gasteiger partial charge on any atom is 0.418 e. The van der Waals surface area contributed by atoms with Gasteiger partial charge in [-0.05, 0) is 45.2 Å². The Morgan fingerprint density at radius 3 is 2.61 bits per heavy atom. The van der Waals surface area contributed by atoms with E-state index < -0.39 is 19.8 Å². The number of hydrogen-bond acceptors (Lipinski definition) is 8. The fourth-order valence-electron chi connectivity index (χ4n) is 2.31. The van der Waals surface area contributed by atoms with Crippen molar-refractivity contribution in [3.05, 3.63) is 24.5 Å². The highest BCUT2D eigenvalue weighted by Crippen LogP contribution is 2.32. The van der Waals surface area contributed by atoms with Gasteiger partial charge in [-0.2, -0.15) is 0 Å². The van der Waals surface area contributed by atoms with Gasteiger partial charge in [0.15, 0.2) is 10.3 Å².